The Balaban J connectivity index is 1.54. The van der Waals surface area contributed by atoms with Gasteiger partial charge in [0.25, 0.3) is 0 Å². The molecule has 0 atom stereocenters. The van der Waals surface area contributed by atoms with Gasteiger partial charge in [-0.05, 0) is 78.0 Å². The summed E-state index contributed by atoms with van der Waals surface area (Å²) in [5.74, 6) is 0.246. The van der Waals surface area contributed by atoms with Gasteiger partial charge < -0.3 is 9.64 Å². The molecule has 0 unspecified atom stereocenters. The second-order valence-corrected chi connectivity index (χ2v) is 10.0. The van der Waals surface area contributed by atoms with Crippen molar-refractivity contribution in [3.63, 3.8) is 0 Å². The lowest BCUT2D eigenvalue weighted by atomic mass is 9.89. The van der Waals surface area contributed by atoms with Gasteiger partial charge >= 0.3 is 5.97 Å². The predicted molar refractivity (Wildman–Crippen MR) is 131 cm³/mol. The van der Waals surface area contributed by atoms with E-state index in [0.717, 1.165) is 72.1 Å². The average Bonchev–Trinajstić information content (AvgIpc) is 2.92. The molecule has 0 bridgehead atoms. The molecule has 1 heterocycles. The van der Waals surface area contributed by atoms with Crippen molar-refractivity contribution in [2.24, 2.45) is 5.92 Å². The van der Waals surface area contributed by atoms with Gasteiger partial charge in [-0.25, -0.2) is 4.79 Å². The number of rotatable bonds is 7. The molecule has 32 heavy (non-hydrogen) atoms. The number of fused-ring (bicyclic) bond motifs is 1. The van der Waals surface area contributed by atoms with Crippen LogP contribution in [0.5, 0.6) is 0 Å². The molecule has 2 aliphatic rings. The first-order valence-corrected chi connectivity index (χ1v) is 12.3. The number of methoxy groups -OCH3 is 1. The van der Waals surface area contributed by atoms with Crippen molar-refractivity contribution in [3.8, 4) is 0 Å². The van der Waals surface area contributed by atoms with Crippen molar-refractivity contribution in [2.45, 2.75) is 32.1 Å². The fourth-order valence-corrected chi connectivity index (χ4v) is 5.72. The SMILES string of the molecule is COC(=O)c1cc2c(cc1Cl)C(c1ccc(CC3CN(CCCF)C3)cc1)=C(Br)CCC2. The molecule has 3 nitrogen and oxygen atoms in total. The fourth-order valence-electron chi connectivity index (χ4n) is 4.75. The zero-order valence-corrected chi connectivity index (χ0v) is 20.6. The van der Waals surface area contributed by atoms with E-state index in [1.54, 1.807) is 0 Å². The first-order chi connectivity index (χ1) is 15.5. The number of carbonyl (C=O) groups is 1. The fraction of sp³-hybridized carbons (Fsp3) is 0.423. The molecule has 2 aromatic rings. The molecule has 0 N–H and O–H groups in total. The second kappa shape index (κ2) is 10.5. The number of carbonyl (C=O) groups excluding carboxylic acids is 1. The number of alkyl halides is 1. The molecule has 0 radical (unpaired) electrons. The Morgan fingerprint density at radius 2 is 1.97 bits per heavy atom. The Morgan fingerprint density at radius 1 is 1.22 bits per heavy atom. The topological polar surface area (TPSA) is 29.5 Å². The van der Waals surface area contributed by atoms with Crippen LogP contribution in [0, 0.1) is 5.92 Å². The van der Waals surface area contributed by atoms with E-state index in [4.69, 9.17) is 16.3 Å². The second-order valence-electron chi connectivity index (χ2n) is 8.68. The summed E-state index contributed by atoms with van der Waals surface area (Å²) < 4.78 is 18.4. The van der Waals surface area contributed by atoms with Gasteiger partial charge in [0, 0.05) is 24.1 Å². The molecule has 1 aliphatic carbocycles. The van der Waals surface area contributed by atoms with Gasteiger partial charge in [0.2, 0.25) is 0 Å². The van der Waals surface area contributed by atoms with Crippen molar-refractivity contribution < 1.29 is 13.9 Å². The third-order valence-electron chi connectivity index (χ3n) is 6.39. The van der Waals surface area contributed by atoms with E-state index in [1.807, 2.05) is 12.1 Å². The Bertz CT molecular complexity index is 1020. The molecule has 0 spiro atoms. The molecule has 170 valence electrons. The van der Waals surface area contributed by atoms with Gasteiger partial charge in [0.1, 0.15) is 0 Å². The molecule has 4 rings (SSSR count). The Morgan fingerprint density at radius 3 is 2.66 bits per heavy atom. The van der Waals surface area contributed by atoms with Crippen LogP contribution < -0.4 is 0 Å². The lowest BCUT2D eigenvalue weighted by molar-refractivity contribution is 0.0601. The summed E-state index contributed by atoms with van der Waals surface area (Å²) in [4.78, 5) is 14.4. The van der Waals surface area contributed by atoms with Crippen molar-refractivity contribution in [1.82, 2.24) is 4.90 Å². The molecule has 0 amide bonds. The van der Waals surface area contributed by atoms with Crippen LogP contribution in [0.4, 0.5) is 4.39 Å². The minimum atomic E-state index is -0.407. The highest BCUT2D eigenvalue weighted by Crippen LogP contribution is 2.40. The monoisotopic (exact) mass is 519 g/mol. The highest BCUT2D eigenvalue weighted by molar-refractivity contribution is 9.11. The standard InChI is InChI=1S/C26H28BrClFNO2/c1-32-26(31)22-13-20-4-2-5-23(27)25(21(20)14-24(22)28)19-8-6-17(7-9-19)12-18-15-30(16-18)11-3-10-29/h6-9,13-14,18H,2-5,10-12,15-16H2,1H3. The zero-order valence-electron chi connectivity index (χ0n) is 18.3. The van der Waals surface area contributed by atoms with E-state index in [1.165, 1.54) is 12.7 Å². The van der Waals surface area contributed by atoms with Crippen LogP contribution in [0.3, 0.4) is 0 Å². The van der Waals surface area contributed by atoms with E-state index >= 15 is 0 Å². The highest BCUT2D eigenvalue weighted by Gasteiger charge is 2.26. The first kappa shape index (κ1) is 23.5. The molecule has 1 aliphatic heterocycles. The number of hydrogen-bond donors (Lipinski definition) is 0. The average molecular weight is 521 g/mol. The van der Waals surface area contributed by atoms with Crippen LogP contribution in [0.2, 0.25) is 5.02 Å². The minimum absolute atomic E-state index is 0.230. The number of halogens is 3. The van der Waals surface area contributed by atoms with Gasteiger partial charge in [-0.3, -0.25) is 4.39 Å². The normalized spacial score (nSPS) is 17.0. The number of ether oxygens (including phenoxy) is 1. The van der Waals surface area contributed by atoms with Crippen molar-refractivity contribution in [3.05, 3.63) is 73.7 Å². The highest BCUT2D eigenvalue weighted by atomic mass is 79.9. The summed E-state index contributed by atoms with van der Waals surface area (Å²) in [6.45, 7) is 2.76. The largest absolute Gasteiger partial charge is 0.465 e. The predicted octanol–water partition coefficient (Wildman–Crippen LogP) is 6.45. The van der Waals surface area contributed by atoms with Gasteiger partial charge in [-0.2, -0.15) is 0 Å². The van der Waals surface area contributed by atoms with E-state index in [-0.39, 0.29) is 6.67 Å². The number of aryl methyl sites for hydroxylation is 1. The third kappa shape index (κ3) is 5.11. The van der Waals surface area contributed by atoms with Gasteiger partial charge in [0.05, 0.1) is 24.4 Å². The quantitative estimate of drug-likeness (QED) is 0.393. The molecule has 1 fully saturated rings. The molecular formula is C26H28BrClFNO2. The molecule has 2 aromatic carbocycles. The molecule has 6 heteroatoms. The molecule has 0 aromatic heterocycles. The van der Waals surface area contributed by atoms with E-state index in [0.29, 0.717) is 22.9 Å². The number of hydrogen-bond acceptors (Lipinski definition) is 3. The van der Waals surface area contributed by atoms with Crippen molar-refractivity contribution >= 4 is 39.1 Å². The number of likely N-dealkylation sites (tertiary alicyclic amines) is 1. The molecule has 0 saturated carbocycles. The van der Waals surface area contributed by atoms with Crippen LogP contribution in [-0.4, -0.2) is 44.3 Å². The summed E-state index contributed by atoms with van der Waals surface area (Å²) in [5, 5.41) is 0.411. The van der Waals surface area contributed by atoms with Crippen LogP contribution in [0.1, 0.15) is 51.9 Å². The Kier molecular flexibility index (Phi) is 7.70. The summed E-state index contributed by atoms with van der Waals surface area (Å²) in [6, 6.07) is 12.6. The summed E-state index contributed by atoms with van der Waals surface area (Å²) in [5.41, 5.74) is 6.22. The first-order valence-electron chi connectivity index (χ1n) is 11.2. The van der Waals surface area contributed by atoms with Crippen LogP contribution in [0.25, 0.3) is 5.57 Å². The van der Waals surface area contributed by atoms with Gasteiger partial charge in [-0.1, -0.05) is 51.8 Å². The maximum Gasteiger partial charge on any atom is 0.339 e. The minimum Gasteiger partial charge on any atom is -0.465 e. The summed E-state index contributed by atoms with van der Waals surface area (Å²) >= 11 is 10.3. The number of esters is 1. The number of benzene rings is 2. The van der Waals surface area contributed by atoms with Gasteiger partial charge in [-0.15, -0.1) is 0 Å². The molecular weight excluding hydrogens is 493 g/mol. The number of nitrogens with zero attached hydrogens (tertiary/aromatic N) is 1. The van der Waals surface area contributed by atoms with Gasteiger partial charge in [0.15, 0.2) is 0 Å². The van der Waals surface area contributed by atoms with Crippen LogP contribution in [-0.2, 0) is 17.6 Å². The Hall–Kier alpha value is -1.69. The van der Waals surface area contributed by atoms with E-state index in [9.17, 15) is 9.18 Å². The summed E-state index contributed by atoms with van der Waals surface area (Å²) in [7, 11) is 1.37. The Labute approximate surface area is 202 Å². The lowest BCUT2D eigenvalue weighted by Crippen LogP contribution is -2.47. The van der Waals surface area contributed by atoms with Crippen LogP contribution >= 0.6 is 27.5 Å². The zero-order chi connectivity index (χ0) is 22.7. The lowest BCUT2D eigenvalue weighted by Gasteiger charge is -2.39. The van der Waals surface area contributed by atoms with Crippen LogP contribution in [0.15, 0.2) is 40.9 Å². The van der Waals surface area contributed by atoms with Crippen molar-refractivity contribution in [2.75, 3.05) is 33.4 Å². The summed E-state index contributed by atoms with van der Waals surface area (Å²) in [6.07, 6.45) is 4.51. The maximum absolute atomic E-state index is 12.3. The maximum atomic E-state index is 12.3. The number of allylic oxidation sites excluding steroid dienone is 1. The van der Waals surface area contributed by atoms with E-state index < -0.39 is 5.97 Å². The molecule has 1 saturated heterocycles. The van der Waals surface area contributed by atoms with E-state index in [2.05, 4.69) is 45.1 Å². The third-order valence-corrected chi connectivity index (χ3v) is 7.49. The smallest absolute Gasteiger partial charge is 0.339 e. The van der Waals surface area contributed by atoms with Crippen molar-refractivity contribution in [1.29, 1.82) is 0 Å².